The topological polar surface area (TPSA) is 78.9 Å². The standard InChI is InChI=1S/C13H24N2O4/c1-19-9-5-4-8-14-13(18)15(10-12(16)17)11-6-2-3-7-11/h11H,2-10H2,1H3,(H,14,18)(H,16,17). The number of unbranched alkanes of at least 4 members (excludes halogenated alkanes) is 1. The van der Waals surface area contributed by atoms with E-state index in [1.165, 1.54) is 4.90 Å². The first-order valence-electron chi connectivity index (χ1n) is 6.90. The highest BCUT2D eigenvalue weighted by Crippen LogP contribution is 2.23. The van der Waals surface area contributed by atoms with Gasteiger partial charge in [-0.05, 0) is 25.7 Å². The lowest BCUT2D eigenvalue weighted by molar-refractivity contribution is -0.138. The lowest BCUT2D eigenvalue weighted by atomic mass is 10.2. The number of methoxy groups -OCH3 is 1. The molecule has 0 heterocycles. The molecule has 110 valence electrons. The molecule has 6 nitrogen and oxygen atoms in total. The molecule has 1 aliphatic carbocycles. The molecule has 0 unspecified atom stereocenters. The van der Waals surface area contributed by atoms with Crippen LogP contribution in [0.3, 0.4) is 0 Å². The molecule has 2 amide bonds. The quantitative estimate of drug-likeness (QED) is 0.655. The number of hydrogen-bond donors (Lipinski definition) is 2. The number of aliphatic carboxylic acids is 1. The molecule has 19 heavy (non-hydrogen) atoms. The van der Waals surface area contributed by atoms with Crippen LogP contribution in [-0.4, -0.2) is 54.9 Å². The van der Waals surface area contributed by atoms with E-state index in [1.807, 2.05) is 0 Å². The van der Waals surface area contributed by atoms with Gasteiger partial charge in [-0.3, -0.25) is 4.79 Å². The molecular formula is C13H24N2O4. The monoisotopic (exact) mass is 272 g/mol. The number of carboxylic acid groups (broad SMARTS) is 1. The van der Waals surface area contributed by atoms with Gasteiger partial charge in [-0.25, -0.2) is 4.79 Å². The highest BCUT2D eigenvalue weighted by Gasteiger charge is 2.27. The van der Waals surface area contributed by atoms with Gasteiger partial charge in [0, 0.05) is 26.3 Å². The maximum absolute atomic E-state index is 12.0. The minimum Gasteiger partial charge on any atom is -0.480 e. The van der Waals surface area contributed by atoms with E-state index in [-0.39, 0.29) is 18.6 Å². The Bertz CT molecular complexity index is 290. The Labute approximate surface area is 114 Å². The summed E-state index contributed by atoms with van der Waals surface area (Å²) in [6.07, 6.45) is 5.68. The van der Waals surface area contributed by atoms with E-state index in [1.54, 1.807) is 7.11 Å². The van der Waals surface area contributed by atoms with E-state index in [0.29, 0.717) is 13.2 Å². The Balaban J connectivity index is 2.35. The van der Waals surface area contributed by atoms with Crippen molar-refractivity contribution in [1.29, 1.82) is 0 Å². The van der Waals surface area contributed by atoms with Gasteiger partial charge in [0.2, 0.25) is 0 Å². The third-order valence-corrected chi connectivity index (χ3v) is 3.38. The Morgan fingerprint density at radius 2 is 2.00 bits per heavy atom. The lowest BCUT2D eigenvalue weighted by Gasteiger charge is -2.27. The van der Waals surface area contributed by atoms with Gasteiger partial charge in [0.25, 0.3) is 0 Å². The van der Waals surface area contributed by atoms with Crippen molar-refractivity contribution in [2.75, 3.05) is 26.8 Å². The van der Waals surface area contributed by atoms with Crippen LogP contribution in [0.4, 0.5) is 4.79 Å². The van der Waals surface area contributed by atoms with Crippen LogP contribution < -0.4 is 5.32 Å². The van der Waals surface area contributed by atoms with E-state index < -0.39 is 5.97 Å². The van der Waals surface area contributed by atoms with Crippen molar-refractivity contribution < 1.29 is 19.4 Å². The highest BCUT2D eigenvalue weighted by molar-refractivity contribution is 5.80. The fourth-order valence-electron chi connectivity index (χ4n) is 2.40. The number of carboxylic acids is 1. The van der Waals surface area contributed by atoms with E-state index in [9.17, 15) is 9.59 Å². The molecule has 0 saturated heterocycles. The number of ether oxygens (including phenoxy) is 1. The third-order valence-electron chi connectivity index (χ3n) is 3.38. The van der Waals surface area contributed by atoms with Crippen molar-refractivity contribution in [2.45, 2.75) is 44.6 Å². The summed E-state index contributed by atoms with van der Waals surface area (Å²) in [7, 11) is 1.65. The summed E-state index contributed by atoms with van der Waals surface area (Å²) in [4.78, 5) is 24.3. The fraction of sp³-hybridized carbons (Fsp3) is 0.846. The maximum atomic E-state index is 12.0. The first-order valence-corrected chi connectivity index (χ1v) is 6.90. The van der Waals surface area contributed by atoms with Gasteiger partial charge in [0.1, 0.15) is 6.54 Å². The second kappa shape index (κ2) is 8.74. The molecule has 1 rings (SSSR count). The first-order chi connectivity index (χ1) is 9.15. The van der Waals surface area contributed by atoms with Gasteiger partial charge >= 0.3 is 12.0 Å². The van der Waals surface area contributed by atoms with E-state index in [4.69, 9.17) is 9.84 Å². The second-order valence-electron chi connectivity index (χ2n) is 4.89. The largest absolute Gasteiger partial charge is 0.480 e. The van der Waals surface area contributed by atoms with Gasteiger partial charge in [-0.1, -0.05) is 12.8 Å². The van der Waals surface area contributed by atoms with Crippen LogP contribution >= 0.6 is 0 Å². The van der Waals surface area contributed by atoms with Crippen LogP contribution in [0.15, 0.2) is 0 Å². The van der Waals surface area contributed by atoms with Crippen molar-refractivity contribution in [3.05, 3.63) is 0 Å². The van der Waals surface area contributed by atoms with Crippen molar-refractivity contribution in [3.8, 4) is 0 Å². The molecular weight excluding hydrogens is 248 g/mol. The fourth-order valence-corrected chi connectivity index (χ4v) is 2.40. The molecule has 0 aromatic heterocycles. The van der Waals surface area contributed by atoms with Crippen LogP contribution in [0.5, 0.6) is 0 Å². The van der Waals surface area contributed by atoms with Crippen molar-refractivity contribution in [2.24, 2.45) is 0 Å². The van der Waals surface area contributed by atoms with Gasteiger partial charge in [0.15, 0.2) is 0 Å². The maximum Gasteiger partial charge on any atom is 0.323 e. The zero-order valence-electron chi connectivity index (χ0n) is 11.6. The van der Waals surface area contributed by atoms with E-state index in [2.05, 4.69) is 5.32 Å². The summed E-state index contributed by atoms with van der Waals surface area (Å²) >= 11 is 0. The molecule has 0 atom stereocenters. The Morgan fingerprint density at radius 3 is 2.58 bits per heavy atom. The van der Waals surface area contributed by atoms with Gasteiger partial charge in [-0.15, -0.1) is 0 Å². The molecule has 0 aliphatic heterocycles. The van der Waals surface area contributed by atoms with Crippen LogP contribution in [0, 0.1) is 0 Å². The van der Waals surface area contributed by atoms with Crippen molar-refractivity contribution >= 4 is 12.0 Å². The summed E-state index contributed by atoms with van der Waals surface area (Å²) in [6, 6.07) is -0.179. The van der Waals surface area contributed by atoms with E-state index in [0.717, 1.165) is 38.5 Å². The predicted molar refractivity (Wildman–Crippen MR) is 71.1 cm³/mol. The Kier molecular flexibility index (Phi) is 7.25. The molecule has 0 spiro atoms. The van der Waals surface area contributed by atoms with Gasteiger partial charge in [0.05, 0.1) is 0 Å². The second-order valence-corrected chi connectivity index (χ2v) is 4.89. The van der Waals surface area contributed by atoms with Crippen LogP contribution in [0.2, 0.25) is 0 Å². The summed E-state index contributed by atoms with van der Waals surface area (Å²) in [5.74, 6) is -0.957. The summed E-state index contributed by atoms with van der Waals surface area (Å²) in [5.41, 5.74) is 0. The molecule has 0 aromatic carbocycles. The predicted octanol–water partition coefficient (Wildman–Crippen LogP) is 1.45. The number of rotatable bonds is 8. The molecule has 2 N–H and O–H groups in total. The number of hydrogen-bond acceptors (Lipinski definition) is 3. The first kappa shape index (κ1) is 15.8. The van der Waals surface area contributed by atoms with Crippen LogP contribution in [0.1, 0.15) is 38.5 Å². The van der Waals surface area contributed by atoms with Crippen molar-refractivity contribution in [3.63, 3.8) is 0 Å². The third kappa shape index (κ3) is 5.92. The van der Waals surface area contributed by atoms with Crippen molar-refractivity contribution in [1.82, 2.24) is 10.2 Å². The highest BCUT2D eigenvalue weighted by atomic mass is 16.5. The molecule has 1 saturated carbocycles. The Morgan fingerprint density at radius 1 is 1.32 bits per heavy atom. The molecule has 6 heteroatoms. The smallest absolute Gasteiger partial charge is 0.323 e. The molecule has 1 aliphatic rings. The minimum absolute atomic E-state index is 0.0788. The van der Waals surface area contributed by atoms with Gasteiger partial charge in [-0.2, -0.15) is 0 Å². The van der Waals surface area contributed by atoms with Gasteiger partial charge < -0.3 is 20.1 Å². The molecule has 1 fully saturated rings. The normalized spacial score (nSPS) is 15.4. The number of amides is 2. The summed E-state index contributed by atoms with van der Waals surface area (Å²) < 4.78 is 4.93. The molecule has 0 bridgehead atoms. The zero-order chi connectivity index (χ0) is 14.1. The minimum atomic E-state index is -0.957. The molecule has 0 radical (unpaired) electrons. The molecule has 0 aromatic rings. The number of carbonyl (C=O) groups is 2. The summed E-state index contributed by atoms with van der Waals surface area (Å²) in [6.45, 7) is 1.02. The Hall–Kier alpha value is -1.30. The lowest BCUT2D eigenvalue weighted by Crippen LogP contribution is -2.47. The van der Waals surface area contributed by atoms with Crippen LogP contribution in [0.25, 0.3) is 0 Å². The zero-order valence-corrected chi connectivity index (χ0v) is 11.6. The van der Waals surface area contributed by atoms with Crippen LogP contribution in [-0.2, 0) is 9.53 Å². The van der Waals surface area contributed by atoms with E-state index >= 15 is 0 Å². The number of nitrogens with one attached hydrogen (secondary N) is 1. The SMILES string of the molecule is COCCCCNC(=O)N(CC(=O)O)C1CCCC1. The number of urea groups is 1. The number of nitrogens with zero attached hydrogens (tertiary/aromatic N) is 1. The average Bonchev–Trinajstić information content (AvgIpc) is 2.89. The summed E-state index contributed by atoms with van der Waals surface area (Å²) in [5, 5.41) is 11.7. The number of carbonyl (C=O) groups excluding carboxylic acids is 1. The average molecular weight is 272 g/mol.